The third-order valence-corrected chi connectivity index (χ3v) is 6.06. The third kappa shape index (κ3) is 2.71. The van der Waals surface area contributed by atoms with Crippen LogP contribution in [0.2, 0.25) is 0 Å². The van der Waals surface area contributed by atoms with Crippen molar-refractivity contribution in [3.8, 4) is 9.88 Å². The van der Waals surface area contributed by atoms with Crippen LogP contribution in [0, 0.1) is 0 Å². The highest BCUT2D eigenvalue weighted by molar-refractivity contribution is 9.13. The topological polar surface area (TPSA) is 50.2 Å². The number of hydrogen-bond donors (Lipinski definition) is 1. The molecule has 2 rings (SSSR count). The zero-order valence-electron chi connectivity index (χ0n) is 7.74. The molecule has 0 radical (unpaired) electrons. The Balaban J connectivity index is 2.27. The van der Waals surface area contributed by atoms with Crippen LogP contribution in [0.4, 0.5) is 0 Å². The second-order valence-corrected chi connectivity index (χ2v) is 7.03. The van der Waals surface area contributed by atoms with Crippen LogP contribution in [0.3, 0.4) is 0 Å². The van der Waals surface area contributed by atoms with Gasteiger partial charge in [-0.05, 0) is 37.9 Å². The Bertz CT molecular complexity index is 516. The van der Waals surface area contributed by atoms with Crippen molar-refractivity contribution in [3.63, 3.8) is 0 Å². The van der Waals surface area contributed by atoms with E-state index in [0.29, 0.717) is 5.69 Å². The Morgan fingerprint density at radius 2 is 2.25 bits per heavy atom. The number of rotatable bonds is 3. The first-order chi connectivity index (χ1) is 7.56. The highest BCUT2D eigenvalue weighted by Gasteiger charge is 2.11. The minimum atomic E-state index is -0.856. The van der Waals surface area contributed by atoms with Gasteiger partial charge < -0.3 is 5.11 Å². The summed E-state index contributed by atoms with van der Waals surface area (Å²) in [4.78, 5) is 15.8. The fourth-order valence-corrected chi connectivity index (χ4v) is 4.03. The number of carboxylic acid groups (broad SMARTS) is 1. The third-order valence-electron chi connectivity index (χ3n) is 1.74. The zero-order chi connectivity index (χ0) is 11.7. The Morgan fingerprint density at radius 1 is 1.50 bits per heavy atom. The van der Waals surface area contributed by atoms with Gasteiger partial charge >= 0.3 is 5.97 Å². The van der Waals surface area contributed by atoms with Gasteiger partial charge in [-0.15, -0.1) is 22.7 Å². The van der Waals surface area contributed by atoms with Crippen molar-refractivity contribution in [3.05, 3.63) is 25.4 Å². The predicted octanol–water partition coefficient (Wildman–Crippen LogP) is 4.02. The molecule has 2 aromatic rings. The monoisotopic (exact) mass is 381 g/mol. The van der Waals surface area contributed by atoms with Gasteiger partial charge in [0.15, 0.2) is 0 Å². The highest BCUT2D eigenvalue weighted by atomic mass is 79.9. The molecule has 0 saturated heterocycles. The minimum absolute atomic E-state index is 0.0236. The number of halogens is 2. The van der Waals surface area contributed by atoms with Crippen LogP contribution in [0.25, 0.3) is 9.88 Å². The van der Waals surface area contributed by atoms with Gasteiger partial charge in [0.05, 0.1) is 20.8 Å². The summed E-state index contributed by atoms with van der Waals surface area (Å²) in [6, 6.07) is 1.97. The van der Waals surface area contributed by atoms with Gasteiger partial charge in [-0.25, -0.2) is 4.98 Å². The molecule has 16 heavy (non-hydrogen) atoms. The van der Waals surface area contributed by atoms with Crippen LogP contribution in [0.5, 0.6) is 0 Å². The average molecular weight is 383 g/mol. The summed E-state index contributed by atoms with van der Waals surface area (Å²) in [6.07, 6.45) is -0.0236. The molecule has 0 aromatic carbocycles. The van der Waals surface area contributed by atoms with Gasteiger partial charge in [0.2, 0.25) is 0 Å². The largest absolute Gasteiger partial charge is 0.481 e. The van der Waals surface area contributed by atoms with Crippen molar-refractivity contribution < 1.29 is 9.90 Å². The van der Waals surface area contributed by atoms with E-state index in [0.717, 1.165) is 18.1 Å². The van der Waals surface area contributed by atoms with Crippen LogP contribution in [-0.4, -0.2) is 16.1 Å². The molecular formula is C9H5Br2NO2S2. The molecule has 0 aliphatic carbocycles. The van der Waals surface area contributed by atoms with Crippen LogP contribution >= 0.6 is 54.5 Å². The summed E-state index contributed by atoms with van der Waals surface area (Å²) in [7, 11) is 0. The zero-order valence-corrected chi connectivity index (χ0v) is 12.5. The lowest BCUT2D eigenvalue weighted by atomic mass is 10.3. The standard InChI is InChI=1S/C9H5Br2NO2S2/c10-5-2-6(16-8(5)11)9-12-4(3-15-9)1-7(13)14/h2-3H,1H2,(H,13,14). The second kappa shape index (κ2) is 4.95. The first-order valence-electron chi connectivity index (χ1n) is 4.17. The van der Waals surface area contributed by atoms with Gasteiger partial charge in [-0.2, -0.15) is 0 Å². The van der Waals surface area contributed by atoms with E-state index in [1.165, 1.54) is 11.3 Å². The predicted molar refractivity (Wildman–Crippen MR) is 72.2 cm³/mol. The lowest BCUT2D eigenvalue weighted by Gasteiger charge is -1.88. The normalized spacial score (nSPS) is 10.6. The van der Waals surface area contributed by atoms with Crippen LogP contribution in [0.15, 0.2) is 19.7 Å². The number of aliphatic carboxylic acids is 1. The van der Waals surface area contributed by atoms with E-state index < -0.39 is 5.97 Å². The number of carboxylic acids is 1. The van der Waals surface area contributed by atoms with E-state index in [1.807, 2.05) is 6.07 Å². The molecule has 1 N–H and O–H groups in total. The fourth-order valence-electron chi connectivity index (χ4n) is 1.11. The Labute approximate surface area is 116 Å². The summed E-state index contributed by atoms with van der Waals surface area (Å²) in [5, 5.41) is 11.3. The molecule has 0 aliphatic rings. The lowest BCUT2D eigenvalue weighted by Crippen LogP contribution is -1.99. The van der Waals surface area contributed by atoms with Crippen molar-refractivity contribution in [2.24, 2.45) is 0 Å². The molecule has 0 atom stereocenters. The molecule has 0 aliphatic heterocycles. The van der Waals surface area contributed by atoms with E-state index in [-0.39, 0.29) is 6.42 Å². The van der Waals surface area contributed by atoms with Crippen molar-refractivity contribution >= 4 is 60.5 Å². The summed E-state index contributed by atoms with van der Waals surface area (Å²) in [6.45, 7) is 0. The molecule has 2 heterocycles. The summed E-state index contributed by atoms with van der Waals surface area (Å²) >= 11 is 9.85. The van der Waals surface area contributed by atoms with Crippen LogP contribution in [0.1, 0.15) is 5.69 Å². The Kier molecular flexibility index (Phi) is 3.78. The smallest absolute Gasteiger partial charge is 0.309 e. The maximum atomic E-state index is 10.5. The molecule has 0 bridgehead atoms. The Hall–Kier alpha value is -0.240. The SMILES string of the molecule is O=C(O)Cc1csc(-c2cc(Br)c(Br)s2)n1. The number of thiazole rings is 1. The molecule has 84 valence electrons. The van der Waals surface area contributed by atoms with E-state index in [4.69, 9.17) is 5.11 Å². The number of hydrogen-bond acceptors (Lipinski definition) is 4. The minimum Gasteiger partial charge on any atom is -0.481 e. The van der Waals surface area contributed by atoms with E-state index in [1.54, 1.807) is 16.7 Å². The quantitative estimate of drug-likeness (QED) is 0.871. The Morgan fingerprint density at radius 3 is 2.81 bits per heavy atom. The van der Waals surface area contributed by atoms with Crippen molar-refractivity contribution in [2.45, 2.75) is 6.42 Å². The maximum absolute atomic E-state index is 10.5. The van der Waals surface area contributed by atoms with Crippen LogP contribution in [-0.2, 0) is 11.2 Å². The summed E-state index contributed by atoms with van der Waals surface area (Å²) in [5.41, 5.74) is 0.605. The van der Waals surface area contributed by atoms with Gasteiger partial charge in [0, 0.05) is 9.85 Å². The lowest BCUT2D eigenvalue weighted by molar-refractivity contribution is -0.136. The molecule has 0 amide bonds. The molecule has 0 unspecified atom stereocenters. The molecule has 2 aromatic heterocycles. The van der Waals surface area contributed by atoms with Gasteiger partial charge in [-0.1, -0.05) is 0 Å². The first-order valence-corrected chi connectivity index (χ1v) is 7.46. The van der Waals surface area contributed by atoms with Crippen LogP contribution < -0.4 is 0 Å². The average Bonchev–Trinajstić information content (AvgIpc) is 2.74. The number of aromatic nitrogens is 1. The van der Waals surface area contributed by atoms with E-state index >= 15 is 0 Å². The molecule has 0 spiro atoms. The number of carbonyl (C=O) groups is 1. The molecule has 7 heteroatoms. The van der Waals surface area contributed by atoms with Crippen molar-refractivity contribution in [2.75, 3.05) is 0 Å². The fraction of sp³-hybridized carbons (Fsp3) is 0.111. The molecule has 0 saturated carbocycles. The first kappa shape index (κ1) is 12.2. The van der Waals surface area contributed by atoms with E-state index in [2.05, 4.69) is 36.8 Å². The number of thiophene rings is 1. The van der Waals surface area contributed by atoms with Gasteiger partial charge in [0.1, 0.15) is 5.01 Å². The maximum Gasteiger partial charge on any atom is 0.309 e. The van der Waals surface area contributed by atoms with Crippen molar-refractivity contribution in [1.82, 2.24) is 4.98 Å². The van der Waals surface area contributed by atoms with E-state index in [9.17, 15) is 4.79 Å². The summed E-state index contributed by atoms with van der Waals surface area (Å²) < 4.78 is 2.00. The van der Waals surface area contributed by atoms with Gasteiger partial charge in [0.25, 0.3) is 0 Å². The molecule has 3 nitrogen and oxygen atoms in total. The second-order valence-electron chi connectivity index (χ2n) is 2.95. The molecular weight excluding hydrogens is 378 g/mol. The highest BCUT2D eigenvalue weighted by Crippen LogP contribution is 2.39. The van der Waals surface area contributed by atoms with Gasteiger partial charge in [-0.3, -0.25) is 4.79 Å². The summed E-state index contributed by atoms with van der Waals surface area (Å²) in [5.74, 6) is -0.856. The number of nitrogens with zero attached hydrogens (tertiary/aromatic N) is 1. The molecule has 0 fully saturated rings. The van der Waals surface area contributed by atoms with Crippen molar-refractivity contribution in [1.29, 1.82) is 0 Å².